The van der Waals surface area contributed by atoms with Crippen LogP contribution in [0.3, 0.4) is 0 Å². The zero-order valence-corrected chi connectivity index (χ0v) is 17.4. The Morgan fingerprint density at radius 3 is 1.88 bits per heavy atom. The molecule has 0 unspecified atom stereocenters. The van der Waals surface area contributed by atoms with Gasteiger partial charge in [0.1, 0.15) is 0 Å². The largest absolute Gasteiger partial charge is 0.463 e. The predicted molar refractivity (Wildman–Crippen MR) is 105 cm³/mol. The average Bonchev–Trinajstić information content (AvgIpc) is 3.07. The first-order valence-electron chi connectivity index (χ1n) is 9.44. The van der Waals surface area contributed by atoms with Gasteiger partial charge in [0.05, 0.1) is 11.2 Å². The third-order valence-electron chi connectivity index (χ3n) is 6.77. The number of benzene rings is 1. The maximum Gasteiger partial charge on any atom is 0.463 e. The lowest BCUT2D eigenvalue weighted by atomic mass is 9.75. The van der Waals surface area contributed by atoms with Gasteiger partial charge in [-0.15, -0.1) is 0 Å². The summed E-state index contributed by atoms with van der Waals surface area (Å²) in [6.45, 7) is 17.4. The molecule has 1 aliphatic carbocycles. The van der Waals surface area contributed by atoms with E-state index < -0.39 is 0 Å². The van der Waals surface area contributed by atoms with Gasteiger partial charge in [0, 0.05) is 22.3 Å². The third-order valence-corrected chi connectivity index (χ3v) is 7.03. The van der Waals surface area contributed by atoms with Gasteiger partial charge in [-0.25, -0.2) is 0 Å². The summed E-state index contributed by atoms with van der Waals surface area (Å²) in [6, 6.07) is 8.70. The molecule has 138 valence electrons. The summed E-state index contributed by atoms with van der Waals surface area (Å²) in [5.74, 6) is 0.314. The Bertz CT molecular complexity index is 613. The van der Waals surface area contributed by atoms with E-state index in [1.54, 1.807) is 0 Å². The molecule has 1 heterocycles. The lowest BCUT2D eigenvalue weighted by Gasteiger charge is -2.32. The van der Waals surface area contributed by atoms with Crippen LogP contribution < -0.4 is 0 Å². The van der Waals surface area contributed by atoms with Crippen molar-refractivity contribution in [3.05, 3.63) is 34.9 Å². The minimum absolute atomic E-state index is 0.0117. The molecule has 3 nitrogen and oxygen atoms in total. The van der Waals surface area contributed by atoms with Crippen LogP contribution in [0.2, 0.25) is 10.8 Å². The van der Waals surface area contributed by atoms with E-state index in [0.717, 1.165) is 18.1 Å². The fourth-order valence-electron chi connectivity index (χ4n) is 4.39. The second-order valence-corrected chi connectivity index (χ2v) is 9.04. The Hall–Kier alpha value is -0.545. The van der Waals surface area contributed by atoms with E-state index in [1.165, 1.54) is 5.56 Å². The fraction of sp³-hybridized carbons (Fsp3) is 0.700. The Morgan fingerprint density at radius 2 is 1.44 bits per heavy atom. The molecule has 1 aromatic rings. The molecule has 1 saturated carbocycles. The highest BCUT2D eigenvalue weighted by Crippen LogP contribution is 2.65. The highest BCUT2D eigenvalue weighted by molar-refractivity contribution is 6.50. The number of nitrogens with zero attached hydrogens (tertiary/aromatic N) is 1. The summed E-state index contributed by atoms with van der Waals surface area (Å²) in [4.78, 5) is 2.53. The molecular formula is C20H31BClNO2. The summed E-state index contributed by atoms with van der Waals surface area (Å²) < 4.78 is 12.8. The van der Waals surface area contributed by atoms with Crippen LogP contribution in [0, 0.1) is 0 Å². The van der Waals surface area contributed by atoms with Crippen LogP contribution in [0.1, 0.15) is 54.0 Å². The number of hydrogen-bond acceptors (Lipinski definition) is 3. The van der Waals surface area contributed by atoms with Crippen molar-refractivity contribution in [2.24, 2.45) is 0 Å². The Balaban J connectivity index is 1.95. The van der Waals surface area contributed by atoms with Gasteiger partial charge in [-0.05, 0) is 58.5 Å². The molecule has 0 bridgehead atoms. The molecule has 2 fully saturated rings. The molecule has 25 heavy (non-hydrogen) atoms. The maximum atomic E-state index is 6.42. The Labute approximate surface area is 158 Å². The molecule has 0 radical (unpaired) electrons. The second kappa shape index (κ2) is 6.26. The van der Waals surface area contributed by atoms with Gasteiger partial charge in [-0.3, -0.25) is 0 Å². The number of likely N-dealkylation sites (N-methyl/N-ethyl adjacent to an activating group) is 1. The number of hydrogen-bond donors (Lipinski definition) is 0. The average molecular weight is 364 g/mol. The van der Waals surface area contributed by atoms with Crippen LogP contribution in [0.25, 0.3) is 0 Å². The Kier molecular flexibility index (Phi) is 4.82. The van der Waals surface area contributed by atoms with Crippen molar-refractivity contribution in [1.29, 1.82) is 0 Å². The van der Waals surface area contributed by atoms with E-state index >= 15 is 0 Å². The van der Waals surface area contributed by atoms with Crippen molar-refractivity contribution in [2.75, 3.05) is 13.1 Å². The van der Waals surface area contributed by atoms with Crippen LogP contribution in [0.5, 0.6) is 0 Å². The molecular weight excluding hydrogens is 332 g/mol. The van der Waals surface area contributed by atoms with Crippen molar-refractivity contribution < 1.29 is 9.31 Å². The van der Waals surface area contributed by atoms with Crippen LogP contribution in [-0.2, 0) is 14.7 Å². The predicted octanol–water partition coefficient (Wildman–Crippen LogP) is 4.78. The SMILES string of the molecule is CCN(CC)[C@H]1[C@@H](B2OC(C)(C)C(C)(C)O2)[C@]1(C)c1ccc(Cl)cc1. The molecule has 1 aliphatic heterocycles. The molecule has 0 N–H and O–H groups in total. The van der Waals surface area contributed by atoms with Crippen molar-refractivity contribution in [3.8, 4) is 0 Å². The summed E-state index contributed by atoms with van der Waals surface area (Å²) >= 11 is 6.11. The second-order valence-electron chi connectivity index (χ2n) is 8.61. The van der Waals surface area contributed by atoms with Gasteiger partial charge in [0.15, 0.2) is 0 Å². The molecule has 5 heteroatoms. The van der Waals surface area contributed by atoms with E-state index in [0.29, 0.717) is 11.9 Å². The first kappa shape index (κ1) is 19.2. The van der Waals surface area contributed by atoms with Crippen molar-refractivity contribution in [3.63, 3.8) is 0 Å². The maximum absolute atomic E-state index is 6.42. The van der Waals surface area contributed by atoms with Gasteiger partial charge in [-0.1, -0.05) is 44.5 Å². The molecule has 1 saturated heterocycles. The quantitative estimate of drug-likeness (QED) is 0.702. The number of halogens is 1. The standard InChI is InChI=1S/C20H31BClNO2/c1-8-23(9-2)17-16(21-24-18(3,4)19(5,6)25-21)20(17,7)14-10-12-15(22)13-11-14/h10-13,16-17H,8-9H2,1-7H3/t16-,17+,20+/m1/s1. The molecule has 0 aromatic heterocycles. The monoisotopic (exact) mass is 363 g/mol. The van der Waals surface area contributed by atoms with Gasteiger partial charge in [0.25, 0.3) is 0 Å². The topological polar surface area (TPSA) is 21.7 Å². The van der Waals surface area contributed by atoms with E-state index in [9.17, 15) is 0 Å². The van der Waals surface area contributed by atoms with Crippen molar-refractivity contribution in [2.45, 2.75) is 76.9 Å². The first-order valence-corrected chi connectivity index (χ1v) is 9.82. The van der Waals surface area contributed by atoms with Crippen molar-refractivity contribution >= 4 is 18.7 Å². The van der Waals surface area contributed by atoms with Crippen molar-refractivity contribution in [1.82, 2.24) is 4.90 Å². The highest BCUT2D eigenvalue weighted by atomic mass is 35.5. The molecule has 3 atom stereocenters. The molecule has 3 rings (SSSR count). The first-order chi connectivity index (χ1) is 11.6. The van der Waals surface area contributed by atoms with E-state index in [-0.39, 0.29) is 23.7 Å². The number of rotatable bonds is 5. The third kappa shape index (κ3) is 2.95. The van der Waals surface area contributed by atoms with Crippen LogP contribution in [0.4, 0.5) is 0 Å². The van der Waals surface area contributed by atoms with Crippen LogP contribution in [0.15, 0.2) is 24.3 Å². The zero-order chi connectivity index (χ0) is 18.6. The summed E-state index contributed by atoms with van der Waals surface area (Å²) in [5.41, 5.74) is 0.732. The molecule has 0 amide bonds. The fourth-order valence-corrected chi connectivity index (χ4v) is 4.51. The normalized spacial score (nSPS) is 33.1. The molecule has 2 aliphatic rings. The molecule has 1 aromatic carbocycles. The van der Waals surface area contributed by atoms with E-state index in [2.05, 4.69) is 65.5 Å². The van der Waals surface area contributed by atoms with E-state index in [4.69, 9.17) is 20.9 Å². The molecule has 0 spiro atoms. The lowest BCUT2D eigenvalue weighted by molar-refractivity contribution is 0.00578. The van der Waals surface area contributed by atoms with Gasteiger partial charge in [0.2, 0.25) is 0 Å². The zero-order valence-electron chi connectivity index (χ0n) is 16.6. The summed E-state index contributed by atoms with van der Waals surface area (Å²) in [6.07, 6.45) is 0. The van der Waals surface area contributed by atoms with Gasteiger partial charge in [-0.2, -0.15) is 0 Å². The van der Waals surface area contributed by atoms with Crippen LogP contribution in [-0.4, -0.2) is 42.4 Å². The van der Waals surface area contributed by atoms with E-state index in [1.807, 2.05) is 12.1 Å². The highest BCUT2D eigenvalue weighted by Gasteiger charge is 2.72. The van der Waals surface area contributed by atoms with Gasteiger partial charge >= 0.3 is 7.12 Å². The minimum atomic E-state index is -0.297. The van der Waals surface area contributed by atoms with Crippen LogP contribution >= 0.6 is 11.6 Å². The smallest absolute Gasteiger partial charge is 0.403 e. The van der Waals surface area contributed by atoms with Gasteiger partial charge < -0.3 is 14.2 Å². The Morgan fingerprint density at radius 1 is 0.960 bits per heavy atom. The minimum Gasteiger partial charge on any atom is -0.403 e. The summed E-state index contributed by atoms with van der Waals surface area (Å²) in [7, 11) is -0.184. The lowest BCUT2D eigenvalue weighted by Crippen LogP contribution is -2.41. The summed E-state index contributed by atoms with van der Waals surface area (Å²) in [5, 5.41) is 0.777.